The van der Waals surface area contributed by atoms with Crippen LogP contribution in [0, 0.1) is 0 Å². The quantitative estimate of drug-likeness (QED) is 0.380. The van der Waals surface area contributed by atoms with Crippen LogP contribution >= 0.6 is 0 Å². The van der Waals surface area contributed by atoms with Crippen molar-refractivity contribution in [2.24, 2.45) is 0 Å². The molecule has 7 nitrogen and oxygen atoms in total. The van der Waals surface area contributed by atoms with Gasteiger partial charge in [-0.3, -0.25) is 4.79 Å². The fourth-order valence-electron chi connectivity index (χ4n) is 3.99. The molecule has 0 fully saturated rings. The average Bonchev–Trinajstić information content (AvgIpc) is 3.17. The summed E-state index contributed by atoms with van der Waals surface area (Å²) >= 11 is 0. The van der Waals surface area contributed by atoms with Crippen molar-refractivity contribution in [2.75, 3.05) is 17.7 Å². The van der Waals surface area contributed by atoms with Gasteiger partial charge < -0.3 is 14.6 Å². The highest BCUT2D eigenvalue weighted by Gasteiger charge is 2.29. The number of anilines is 1. The van der Waals surface area contributed by atoms with E-state index in [0.29, 0.717) is 31.0 Å². The second-order valence-electron chi connectivity index (χ2n) is 9.94. The van der Waals surface area contributed by atoms with E-state index in [1.807, 2.05) is 23.8 Å². The summed E-state index contributed by atoms with van der Waals surface area (Å²) in [6.45, 7) is 10.1. The average molecular weight is 486 g/mol. The van der Waals surface area contributed by atoms with Gasteiger partial charge in [0.05, 0.1) is 16.3 Å². The van der Waals surface area contributed by atoms with Gasteiger partial charge in [-0.15, -0.1) is 0 Å². The van der Waals surface area contributed by atoms with Crippen molar-refractivity contribution in [2.45, 2.75) is 56.6 Å². The summed E-state index contributed by atoms with van der Waals surface area (Å²) in [4.78, 5) is 17.7. The maximum absolute atomic E-state index is 13.0. The third-order valence-electron chi connectivity index (χ3n) is 6.10. The van der Waals surface area contributed by atoms with Gasteiger partial charge in [0.2, 0.25) is 0 Å². The van der Waals surface area contributed by atoms with Gasteiger partial charge in [-0.05, 0) is 48.2 Å². The van der Waals surface area contributed by atoms with Crippen LogP contribution in [-0.4, -0.2) is 44.3 Å². The van der Waals surface area contributed by atoms with Gasteiger partial charge >= 0.3 is 0 Å². The van der Waals surface area contributed by atoms with Crippen LogP contribution in [0.5, 0.6) is 0 Å². The minimum Gasteiger partial charge on any atom is -0.361 e. The van der Waals surface area contributed by atoms with E-state index >= 15 is 0 Å². The molecule has 4 rings (SSSR count). The molecular formula is C24H31N3O4SSi. The number of carbonyl (C=O) groups is 1. The second kappa shape index (κ2) is 9.04. The lowest BCUT2D eigenvalue weighted by Crippen LogP contribution is -2.22. The number of rotatable bonds is 7. The normalized spacial score (nSPS) is 17.6. The standard InChI is InChI=1S/C24H31N3O4SSi/c1-17-9-13-32(29,30)22-15-18(5-6-19(17)22)24(28)26-21-7-10-25-23-20(21)8-11-27(23)16-31-12-14-33(2,3)4/h5-8,10-11,15,17H,9,12-14,16H2,1-4H3,(H,25,26,28)/t17-/m0/s1. The van der Waals surface area contributed by atoms with Crippen molar-refractivity contribution < 1.29 is 17.9 Å². The zero-order valence-corrected chi connectivity index (χ0v) is 21.4. The smallest absolute Gasteiger partial charge is 0.255 e. The van der Waals surface area contributed by atoms with E-state index in [4.69, 9.17) is 4.74 Å². The first-order valence-corrected chi connectivity index (χ1v) is 16.6. The van der Waals surface area contributed by atoms with E-state index in [2.05, 4.69) is 29.9 Å². The molecule has 9 heteroatoms. The lowest BCUT2D eigenvalue weighted by atomic mass is 9.96. The van der Waals surface area contributed by atoms with Crippen LogP contribution < -0.4 is 5.32 Å². The number of ether oxygens (including phenoxy) is 1. The third kappa shape index (κ3) is 5.20. The number of aromatic nitrogens is 2. The van der Waals surface area contributed by atoms with Crippen LogP contribution in [0.3, 0.4) is 0 Å². The first-order valence-electron chi connectivity index (χ1n) is 11.2. The number of nitrogens with zero attached hydrogens (tertiary/aromatic N) is 2. The number of hydrogen-bond acceptors (Lipinski definition) is 5. The van der Waals surface area contributed by atoms with Gasteiger partial charge in [0, 0.05) is 38.0 Å². The van der Waals surface area contributed by atoms with E-state index < -0.39 is 17.9 Å². The lowest BCUT2D eigenvalue weighted by Gasteiger charge is -2.22. The number of hydrogen-bond donors (Lipinski definition) is 1. The molecule has 0 spiro atoms. The van der Waals surface area contributed by atoms with Gasteiger partial charge in [-0.1, -0.05) is 32.6 Å². The van der Waals surface area contributed by atoms with Crippen molar-refractivity contribution in [1.29, 1.82) is 0 Å². The Hall–Kier alpha value is -2.49. The molecule has 1 aromatic carbocycles. The highest BCUT2D eigenvalue weighted by atomic mass is 32.2. The van der Waals surface area contributed by atoms with Crippen molar-refractivity contribution in [1.82, 2.24) is 9.55 Å². The number of fused-ring (bicyclic) bond motifs is 2. The molecule has 0 aliphatic carbocycles. The minimum atomic E-state index is -3.36. The van der Waals surface area contributed by atoms with E-state index in [0.717, 1.165) is 22.6 Å². The molecule has 0 unspecified atom stereocenters. The maximum atomic E-state index is 13.0. The van der Waals surface area contributed by atoms with Gasteiger partial charge in [-0.2, -0.15) is 0 Å². The predicted octanol–water partition coefficient (Wildman–Crippen LogP) is 4.88. The second-order valence-corrected chi connectivity index (χ2v) is 17.6. The molecule has 176 valence electrons. The first-order chi connectivity index (χ1) is 15.5. The fourth-order valence-corrected chi connectivity index (χ4v) is 6.56. The highest BCUT2D eigenvalue weighted by Crippen LogP contribution is 2.34. The molecule has 0 radical (unpaired) electrons. The van der Waals surface area contributed by atoms with Crippen molar-refractivity contribution in [3.8, 4) is 0 Å². The lowest BCUT2D eigenvalue weighted by molar-refractivity contribution is 0.0899. The summed E-state index contributed by atoms with van der Waals surface area (Å²) < 4.78 is 32.8. The van der Waals surface area contributed by atoms with E-state index in [1.165, 1.54) is 6.07 Å². The molecule has 3 heterocycles. The molecule has 1 amide bonds. The van der Waals surface area contributed by atoms with Gasteiger partial charge in [-0.25, -0.2) is 13.4 Å². The van der Waals surface area contributed by atoms with Crippen LogP contribution in [0.2, 0.25) is 25.7 Å². The van der Waals surface area contributed by atoms with E-state index in [1.54, 1.807) is 24.4 Å². The van der Waals surface area contributed by atoms with Crippen LogP contribution in [-0.2, 0) is 21.3 Å². The van der Waals surface area contributed by atoms with Crippen molar-refractivity contribution in [3.63, 3.8) is 0 Å². The largest absolute Gasteiger partial charge is 0.361 e. The number of nitrogens with one attached hydrogen (secondary N) is 1. The number of carbonyl (C=O) groups excluding carboxylic acids is 1. The Morgan fingerprint density at radius 2 is 2.03 bits per heavy atom. The molecule has 1 atom stereocenters. The third-order valence-corrected chi connectivity index (χ3v) is 9.60. The minimum absolute atomic E-state index is 0.116. The molecule has 33 heavy (non-hydrogen) atoms. The zero-order chi connectivity index (χ0) is 23.8. The van der Waals surface area contributed by atoms with E-state index in [-0.39, 0.29) is 22.5 Å². The maximum Gasteiger partial charge on any atom is 0.255 e. The molecule has 2 aromatic heterocycles. The molecule has 3 aromatic rings. The van der Waals surface area contributed by atoms with E-state index in [9.17, 15) is 13.2 Å². The fraction of sp³-hybridized carbons (Fsp3) is 0.417. The molecule has 1 N–H and O–H groups in total. The van der Waals surface area contributed by atoms with Crippen LogP contribution in [0.15, 0.2) is 47.6 Å². The van der Waals surface area contributed by atoms with Gasteiger partial charge in [0.1, 0.15) is 12.4 Å². The number of pyridine rings is 1. The molecular weight excluding hydrogens is 454 g/mol. The summed E-state index contributed by atoms with van der Waals surface area (Å²) in [6, 6.07) is 9.71. The molecule has 0 bridgehead atoms. The van der Waals surface area contributed by atoms with Gasteiger partial charge in [0.15, 0.2) is 9.84 Å². The molecule has 0 saturated carbocycles. The Morgan fingerprint density at radius 3 is 2.79 bits per heavy atom. The summed E-state index contributed by atoms with van der Waals surface area (Å²) in [5.41, 5.74) is 2.46. The molecule has 1 aliphatic rings. The Kier molecular flexibility index (Phi) is 6.48. The Morgan fingerprint density at radius 1 is 1.24 bits per heavy atom. The number of benzene rings is 1. The molecule has 1 aliphatic heterocycles. The predicted molar refractivity (Wildman–Crippen MR) is 133 cm³/mol. The summed E-state index contributed by atoms with van der Waals surface area (Å²) in [7, 11) is -4.51. The zero-order valence-electron chi connectivity index (χ0n) is 19.6. The Labute approximate surface area is 196 Å². The first kappa shape index (κ1) is 23.7. The number of sulfone groups is 1. The van der Waals surface area contributed by atoms with Crippen molar-refractivity contribution >= 4 is 40.5 Å². The summed E-state index contributed by atoms with van der Waals surface area (Å²) in [5.74, 6) is -0.0730. The van der Waals surface area contributed by atoms with Gasteiger partial charge in [0.25, 0.3) is 5.91 Å². The Bertz CT molecular complexity index is 1290. The van der Waals surface area contributed by atoms with Crippen LogP contribution in [0.4, 0.5) is 5.69 Å². The van der Waals surface area contributed by atoms with Crippen LogP contribution in [0.1, 0.15) is 35.2 Å². The topological polar surface area (TPSA) is 90.3 Å². The monoisotopic (exact) mass is 485 g/mol. The van der Waals surface area contributed by atoms with Crippen molar-refractivity contribution in [3.05, 3.63) is 53.9 Å². The van der Waals surface area contributed by atoms with Crippen LogP contribution in [0.25, 0.3) is 11.0 Å². The summed E-state index contributed by atoms with van der Waals surface area (Å²) in [5, 5.41) is 3.73. The Balaban J connectivity index is 1.53. The summed E-state index contributed by atoms with van der Waals surface area (Å²) in [6.07, 6.45) is 4.15. The number of amides is 1. The molecule has 0 saturated heterocycles. The highest BCUT2D eigenvalue weighted by molar-refractivity contribution is 7.91. The SMILES string of the molecule is C[C@H]1CCS(=O)(=O)c2cc(C(=O)Nc3ccnc4c3ccn4COCC[Si](C)(C)C)ccc21.